The minimum Gasteiger partial charge on any atom is -0.264 e. The minimum atomic E-state index is 1.10. The molecule has 11 heavy (non-hydrogen) atoms. The maximum atomic E-state index is 4.07. The zero-order valence-corrected chi connectivity index (χ0v) is 6.28. The van der Waals surface area contributed by atoms with Crippen molar-refractivity contribution >= 4 is 10.8 Å². The molecule has 0 fully saturated rings. The summed E-state index contributed by atoms with van der Waals surface area (Å²) in [6.45, 7) is 2.05. The van der Waals surface area contributed by atoms with Crippen LogP contribution in [0.1, 0.15) is 5.56 Å². The summed E-state index contributed by atoms with van der Waals surface area (Å²) in [5.74, 6) is 0. The lowest BCUT2D eigenvalue weighted by Gasteiger charge is -1.97. The molecule has 0 aliphatic rings. The maximum absolute atomic E-state index is 4.07. The van der Waals surface area contributed by atoms with Gasteiger partial charge in [-0.25, -0.2) is 0 Å². The van der Waals surface area contributed by atoms with E-state index in [1.807, 2.05) is 24.7 Å². The predicted octanol–water partition coefficient (Wildman–Crippen LogP) is 1.94. The van der Waals surface area contributed by atoms with Gasteiger partial charge >= 0.3 is 0 Å². The number of hydrogen-bond acceptors (Lipinski definition) is 2. The Morgan fingerprint density at radius 1 is 1.09 bits per heavy atom. The van der Waals surface area contributed by atoms with Crippen LogP contribution in [0.15, 0.2) is 30.9 Å². The van der Waals surface area contributed by atoms with E-state index < -0.39 is 0 Å². The lowest BCUT2D eigenvalue weighted by molar-refractivity contribution is 1.28. The van der Waals surface area contributed by atoms with Gasteiger partial charge in [0.15, 0.2) is 0 Å². The number of aryl methyl sites for hydroxylation is 1. The van der Waals surface area contributed by atoms with E-state index in [1.165, 1.54) is 10.9 Å². The molecule has 0 aliphatic heterocycles. The number of rotatable bonds is 0. The minimum absolute atomic E-state index is 1.10. The predicted molar refractivity (Wildman–Crippen MR) is 44.3 cm³/mol. The average Bonchev–Trinajstić information content (AvgIpc) is 2.06. The van der Waals surface area contributed by atoms with E-state index in [4.69, 9.17) is 0 Å². The van der Waals surface area contributed by atoms with Gasteiger partial charge in [-0.15, -0.1) is 0 Å². The zero-order chi connectivity index (χ0) is 7.68. The second-order valence-electron chi connectivity index (χ2n) is 2.55. The van der Waals surface area contributed by atoms with Crippen molar-refractivity contribution < 1.29 is 0 Å². The molecular weight excluding hydrogens is 136 g/mol. The average molecular weight is 144 g/mol. The normalized spacial score (nSPS) is 10.3. The summed E-state index contributed by atoms with van der Waals surface area (Å²) in [6.07, 6.45) is 7.32. The zero-order valence-electron chi connectivity index (χ0n) is 6.28. The molecule has 2 heterocycles. The summed E-state index contributed by atoms with van der Waals surface area (Å²) < 4.78 is 0. The fourth-order valence-electron chi connectivity index (χ4n) is 1.17. The lowest BCUT2D eigenvalue weighted by Crippen LogP contribution is -1.81. The number of aromatic nitrogens is 2. The Labute approximate surface area is 64.9 Å². The largest absolute Gasteiger partial charge is 0.264 e. The molecule has 2 aromatic heterocycles. The third kappa shape index (κ3) is 0.963. The van der Waals surface area contributed by atoms with E-state index in [0.717, 1.165) is 5.39 Å². The quantitative estimate of drug-likeness (QED) is 0.564. The third-order valence-corrected chi connectivity index (χ3v) is 1.76. The van der Waals surface area contributed by atoms with E-state index in [1.54, 1.807) is 6.20 Å². The molecule has 0 N–H and O–H groups in total. The van der Waals surface area contributed by atoms with Crippen LogP contribution in [0.3, 0.4) is 0 Å². The first kappa shape index (κ1) is 6.28. The fraction of sp³-hybridized carbons (Fsp3) is 0.111. The molecule has 0 saturated carbocycles. The molecule has 0 radical (unpaired) electrons. The van der Waals surface area contributed by atoms with Crippen LogP contribution in [0.2, 0.25) is 0 Å². The lowest BCUT2D eigenvalue weighted by atomic mass is 10.1. The Morgan fingerprint density at radius 2 is 1.91 bits per heavy atom. The van der Waals surface area contributed by atoms with Crippen LogP contribution >= 0.6 is 0 Å². The van der Waals surface area contributed by atoms with Gasteiger partial charge in [-0.1, -0.05) is 0 Å². The van der Waals surface area contributed by atoms with Crippen LogP contribution in [-0.4, -0.2) is 9.97 Å². The van der Waals surface area contributed by atoms with Crippen molar-refractivity contribution in [2.24, 2.45) is 0 Å². The number of pyridine rings is 2. The van der Waals surface area contributed by atoms with Gasteiger partial charge in [0.1, 0.15) is 0 Å². The SMILES string of the molecule is Cc1cncc2cnccc12. The first-order chi connectivity index (χ1) is 5.38. The van der Waals surface area contributed by atoms with E-state index in [-0.39, 0.29) is 0 Å². The number of nitrogens with zero attached hydrogens (tertiary/aromatic N) is 2. The summed E-state index contributed by atoms with van der Waals surface area (Å²) in [5, 5.41) is 2.34. The molecule has 0 aromatic carbocycles. The molecule has 0 saturated heterocycles. The van der Waals surface area contributed by atoms with E-state index in [0.29, 0.717) is 0 Å². The Hall–Kier alpha value is -1.44. The van der Waals surface area contributed by atoms with Crippen molar-refractivity contribution in [3.8, 4) is 0 Å². The summed E-state index contributed by atoms with van der Waals surface area (Å²) in [6, 6.07) is 2.01. The van der Waals surface area contributed by atoms with Crippen LogP contribution in [0.5, 0.6) is 0 Å². The molecule has 2 rings (SSSR count). The molecule has 2 aromatic rings. The van der Waals surface area contributed by atoms with Crippen molar-refractivity contribution in [2.75, 3.05) is 0 Å². The molecule has 54 valence electrons. The highest BCUT2D eigenvalue weighted by molar-refractivity contribution is 5.83. The van der Waals surface area contributed by atoms with E-state index in [2.05, 4.69) is 16.9 Å². The van der Waals surface area contributed by atoms with Crippen LogP contribution < -0.4 is 0 Å². The van der Waals surface area contributed by atoms with Crippen molar-refractivity contribution in [3.63, 3.8) is 0 Å². The van der Waals surface area contributed by atoms with Crippen molar-refractivity contribution in [1.29, 1.82) is 0 Å². The van der Waals surface area contributed by atoms with Gasteiger partial charge in [0.2, 0.25) is 0 Å². The summed E-state index contributed by atoms with van der Waals surface area (Å²) >= 11 is 0. The third-order valence-electron chi connectivity index (χ3n) is 1.76. The molecule has 0 bridgehead atoms. The maximum Gasteiger partial charge on any atom is 0.0362 e. The topological polar surface area (TPSA) is 25.8 Å². The van der Waals surface area contributed by atoms with Gasteiger partial charge in [-0.2, -0.15) is 0 Å². The van der Waals surface area contributed by atoms with Gasteiger partial charge in [0.05, 0.1) is 0 Å². The molecule has 0 aliphatic carbocycles. The molecule has 2 nitrogen and oxygen atoms in total. The van der Waals surface area contributed by atoms with Crippen molar-refractivity contribution in [3.05, 3.63) is 36.4 Å². The first-order valence-electron chi connectivity index (χ1n) is 3.52. The molecule has 0 amide bonds. The fourth-order valence-corrected chi connectivity index (χ4v) is 1.17. The highest BCUT2D eigenvalue weighted by Gasteiger charge is 1.93. The number of hydrogen-bond donors (Lipinski definition) is 0. The summed E-state index contributed by atoms with van der Waals surface area (Å²) in [5.41, 5.74) is 1.20. The second-order valence-corrected chi connectivity index (χ2v) is 2.55. The Kier molecular flexibility index (Phi) is 1.32. The monoisotopic (exact) mass is 144 g/mol. The van der Waals surface area contributed by atoms with Gasteiger partial charge in [0, 0.05) is 30.2 Å². The highest BCUT2D eigenvalue weighted by Crippen LogP contribution is 2.13. The Balaban J connectivity index is 2.91. The Bertz CT molecular complexity index is 377. The van der Waals surface area contributed by atoms with E-state index in [9.17, 15) is 0 Å². The van der Waals surface area contributed by atoms with Crippen molar-refractivity contribution in [1.82, 2.24) is 9.97 Å². The molecule has 2 heteroatoms. The highest BCUT2D eigenvalue weighted by atomic mass is 14.7. The van der Waals surface area contributed by atoms with Crippen LogP contribution in [0.25, 0.3) is 10.8 Å². The van der Waals surface area contributed by atoms with Gasteiger partial charge < -0.3 is 0 Å². The first-order valence-corrected chi connectivity index (χ1v) is 3.52. The summed E-state index contributed by atoms with van der Waals surface area (Å²) in [4.78, 5) is 8.09. The van der Waals surface area contributed by atoms with Crippen LogP contribution in [0, 0.1) is 6.92 Å². The van der Waals surface area contributed by atoms with Gasteiger partial charge in [-0.3, -0.25) is 9.97 Å². The molecular formula is C9H8N2. The summed E-state index contributed by atoms with van der Waals surface area (Å²) in [7, 11) is 0. The van der Waals surface area contributed by atoms with Crippen molar-refractivity contribution in [2.45, 2.75) is 6.92 Å². The second kappa shape index (κ2) is 2.31. The molecule has 0 spiro atoms. The van der Waals surface area contributed by atoms with Crippen LogP contribution in [0.4, 0.5) is 0 Å². The smallest absolute Gasteiger partial charge is 0.0362 e. The Morgan fingerprint density at radius 3 is 2.73 bits per heavy atom. The van der Waals surface area contributed by atoms with Gasteiger partial charge in [-0.05, 0) is 23.9 Å². The van der Waals surface area contributed by atoms with E-state index >= 15 is 0 Å². The number of fused-ring (bicyclic) bond motifs is 1. The molecule has 0 unspecified atom stereocenters. The molecule has 0 atom stereocenters. The van der Waals surface area contributed by atoms with Crippen LogP contribution in [-0.2, 0) is 0 Å². The standard InChI is InChI=1S/C9H8N2/c1-7-4-11-6-8-5-10-3-2-9(7)8/h2-6H,1H3. The van der Waals surface area contributed by atoms with Gasteiger partial charge in [0.25, 0.3) is 0 Å².